The molecule has 0 radical (unpaired) electrons. The number of hydrogen-bond acceptors (Lipinski definition) is 3. The Kier molecular flexibility index (Phi) is 8.94. The minimum absolute atomic E-state index is 0. The van der Waals surface area contributed by atoms with Crippen molar-refractivity contribution in [1.82, 2.24) is 20.5 Å². The Hall–Kier alpha value is -2.10. The number of likely N-dealkylation sites (tertiary alicyclic amines) is 1. The predicted octanol–water partition coefficient (Wildman–Crippen LogP) is 2.73. The van der Waals surface area contributed by atoms with Crippen LogP contribution in [-0.4, -0.2) is 53.8 Å². The van der Waals surface area contributed by atoms with Crippen molar-refractivity contribution in [3.63, 3.8) is 0 Å². The van der Waals surface area contributed by atoms with E-state index in [4.69, 9.17) is 0 Å². The Morgan fingerprint density at radius 1 is 1.21 bits per heavy atom. The monoisotopic (exact) mass is 511 g/mol. The van der Waals surface area contributed by atoms with Crippen LogP contribution in [0.25, 0.3) is 10.9 Å². The Morgan fingerprint density at radius 3 is 2.69 bits per heavy atom. The summed E-state index contributed by atoms with van der Waals surface area (Å²) in [7, 11) is 0. The van der Waals surface area contributed by atoms with E-state index < -0.39 is 0 Å². The van der Waals surface area contributed by atoms with E-state index in [1.54, 1.807) is 0 Å². The Labute approximate surface area is 188 Å². The van der Waals surface area contributed by atoms with Crippen molar-refractivity contribution >= 4 is 52.7 Å². The van der Waals surface area contributed by atoms with Gasteiger partial charge in [0.1, 0.15) is 0 Å². The minimum Gasteiger partial charge on any atom is -0.361 e. The van der Waals surface area contributed by atoms with E-state index in [9.17, 15) is 9.59 Å². The molecule has 1 aromatic heterocycles. The number of nitrogens with zero attached hydrogens (tertiary/aromatic N) is 2. The number of imide groups is 1. The number of aromatic nitrogens is 1. The van der Waals surface area contributed by atoms with E-state index in [2.05, 4.69) is 51.9 Å². The summed E-state index contributed by atoms with van der Waals surface area (Å²) < 4.78 is 0. The number of nitrogens with one attached hydrogen (secondary N) is 3. The maximum Gasteiger partial charge on any atom is 0.229 e. The maximum absolute atomic E-state index is 11.9. The number of benzene rings is 1. The van der Waals surface area contributed by atoms with Gasteiger partial charge in [-0.05, 0) is 43.9 Å². The number of rotatable bonds is 7. The topological polar surface area (TPSA) is 89.6 Å². The summed E-state index contributed by atoms with van der Waals surface area (Å²) in [6.07, 6.45) is 4.48. The number of carbonyl (C=O) groups is 2. The van der Waals surface area contributed by atoms with Crippen molar-refractivity contribution in [3.05, 3.63) is 35.5 Å². The molecule has 0 bridgehead atoms. The normalized spacial score (nSPS) is 14.8. The largest absolute Gasteiger partial charge is 0.361 e. The number of aliphatic imine (C=N–C) groups is 1. The Bertz CT molecular complexity index is 861. The van der Waals surface area contributed by atoms with Crippen LogP contribution in [0.1, 0.15) is 37.3 Å². The summed E-state index contributed by atoms with van der Waals surface area (Å²) in [6, 6.07) is 6.27. The lowest BCUT2D eigenvalue weighted by Gasteiger charge is -2.25. The quantitative estimate of drug-likeness (QED) is 0.231. The van der Waals surface area contributed by atoms with Crippen LogP contribution in [0.15, 0.2) is 29.4 Å². The molecule has 29 heavy (non-hydrogen) atoms. The highest BCUT2D eigenvalue weighted by Crippen LogP contribution is 2.22. The summed E-state index contributed by atoms with van der Waals surface area (Å²) in [5, 5.41) is 7.71. The van der Waals surface area contributed by atoms with E-state index in [0.29, 0.717) is 44.9 Å². The molecule has 1 saturated heterocycles. The molecule has 2 heterocycles. The summed E-state index contributed by atoms with van der Waals surface area (Å²) >= 11 is 0. The van der Waals surface area contributed by atoms with Crippen LogP contribution in [0.4, 0.5) is 0 Å². The third-order valence-electron chi connectivity index (χ3n) is 5.00. The second-order valence-electron chi connectivity index (χ2n) is 7.04. The molecule has 0 atom stereocenters. The van der Waals surface area contributed by atoms with Crippen LogP contribution in [0, 0.1) is 6.92 Å². The lowest BCUT2D eigenvalue weighted by Crippen LogP contribution is -2.46. The molecular formula is C21H30IN5O2. The SMILES string of the molecule is CCNC(=NCCc1c[nH]c2cccc(C)c12)NCCN1C(=O)CCCC1=O.I. The van der Waals surface area contributed by atoms with Crippen molar-refractivity contribution in [2.75, 3.05) is 26.2 Å². The van der Waals surface area contributed by atoms with E-state index in [1.807, 2.05) is 6.92 Å². The molecule has 1 aliphatic heterocycles. The summed E-state index contributed by atoms with van der Waals surface area (Å²) in [5.41, 5.74) is 3.68. The molecule has 0 spiro atoms. The second-order valence-corrected chi connectivity index (χ2v) is 7.04. The van der Waals surface area contributed by atoms with Gasteiger partial charge >= 0.3 is 0 Å². The molecule has 1 aromatic carbocycles. The first kappa shape index (κ1) is 23.2. The number of H-pyrrole nitrogens is 1. The summed E-state index contributed by atoms with van der Waals surface area (Å²) in [5.74, 6) is 0.556. The zero-order chi connectivity index (χ0) is 19.9. The molecule has 2 aromatic rings. The van der Waals surface area contributed by atoms with Crippen molar-refractivity contribution in [1.29, 1.82) is 0 Å². The highest BCUT2D eigenvalue weighted by Gasteiger charge is 2.25. The number of halogens is 1. The average Bonchev–Trinajstić information content (AvgIpc) is 3.08. The maximum atomic E-state index is 11.9. The van der Waals surface area contributed by atoms with Gasteiger partial charge in [-0.2, -0.15) is 0 Å². The first-order valence-corrected chi connectivity index (χ1v) is 10.0. The number of hydrogen-bond donors (Lipinski definition) is 3. The van der Waals surface area contributed by atoms with E-state index in [-0.39, 0.29) is 35.8 Å². The van der Waals surface area contributed by atoms with Crippen LogP contribution in [0.5, 0.6) is 0 Å². The number of carbonyl (C=O) groups excluding carboxylic acids is 2. The number of aryl methyl sites for hydroxylation is 1. The fraction of sp³-hybridized carbons (Fsp3) is 0.476. The Morgan fingerprint density at radius 2 is 1.97 bits per heavy atom. The van der Waals surface area contributed by atoms with Gasteiger partial charge in [0.05, 0.1) is 0 Å². The van der Waals surface area contributed by atoms with Gasteiger partial charge in [-0.1, -0.05) is 12.1 Å². The van der Waals surface area contributed by atoms with Gasteiger partial charge in [0.15, 0.2) is 5.96 Å². The van der Waals surface area contributed by atoms with Crippen LogP contribution < -0.4 is 10.6 Å². The van der Waals surface area contributed by atoms with Gasteiger partial charge in [-0.3, -0.25) is 19.5 Å². The van der Waals surface area contributed by atoms with Crippen LogP contribution in [-0.2, 0) is 16.0 Å². The molecule has 3 N–H and O–H groups in total. The lowest BCUT2D eigenvalue weighted by atomic mass is 10.1. The zero-order valence-corrected chi connectivity index (χ0v) is 19.4. The van der Waals surface area contributed by atoms with Gasteiger partial charge in [0.25, 0.3) is 0 Å². The number of aromatic amines is 1. The molecule has 0 saturated carbocycles. The second kappa shape index (κ2) is 11.2. The number of piperidine rings is 1. The van der Waals surface area contributed by atoms with Gasteiger partial charge < -0.3 is 15.6 Å². The molecule has 1 fully saturated rings. The van der Waals surface area contributed by atoms with E-state index in [1.165, 1.54) is 21.4 Å². The molecule has 3 rings (SSSR count). The third-order valence-corrected chi connectivity index (χ3v) is 5.00. The molecule has 1 aliphatic rings. The zero-order valence-electron chi connectivity index (χ0n) is 17.1. The highest BCUT2D eigenvalue weighted by molar-refractivity contribution is 14.0. The number of guanidine groups is 1. The lowest BCUT2D eigenvalue weighted by molar-refractivity contribution is -0.147. The van der Waals surface area contributed by atoms with Crippen molar-refractivity contribution in [2.24, 2.45) is 4.99 Å². The van der Waals surface area contributed by atoms with Crippen molar-refractivity contribution < 1.29 is 9.59 Å². The predicted molar refractivity (Wildman–Crippen MR) is 127 cm³/mol. The fourth-order valence-corrected chi connectivity index (χ4v) is 3.61. The smallest absolute Gasteiger partial charge is 0.229 e. The molecule has 158 valence electrons. The number of amides is 2. The highest BCUT2D eigenvalue weighted by atomic mass is 127. The van der Waals surface area contributed by atoms with Gasteiger partial charge in [-0.15, -0.1) is 24.0 Å². The standard InChI is InChI=1S/C21H29N5O2.HI/c1-3-22-21(24-12-13-26-18(27)8-5-9-19(26)28)23-11-10-16-14-25-17-7-4-6-15(2)20(16)17;/h4,6-7,14,25H,3,5,8-13H2,1-2H3,(H2,22,23,24);1H. The molecule has 8 heteroatoms. The minimum atomic E-state index is -0.0744. The molecule has 2 amide bonds. The average molecular weight is 511 g/mol. The van der Waals surface area contributed by atoms with Gasteiger partial charge in [0.2, 0.25) is 11.8 Å². The van der Waals surface area contributed by atoms with Crippen molar-refractivity contribution in [2.45, 2.75) is 39.5 Å². The summed E-state index contributed by atoms with van der Waals surface area (Å²) in [6.45, 7) is 6.41. The van der Waals surface area contributed by atoms with Crippen LogP contribution in [0.2, 0.25) is 0 Å². The molecule has 7 nitrogen and oxygen atoms in total. The first-order valence-electron chi connectivity index (χ1n) is 10.0. The van der Waals surface area contributed by atoms with Crippen molar-refractivity contribution in [3.8, 4) is 0 Å². The third kappa shape index (κ3) is 5.94. The van der Waals surface area contributed by atoms with E-state index >= 15 is 0 Å². The Balaban J connectivity index is 0.00000300. The van der Waals surface area contributed by atoms with E-state index in [0.717, 1.165) is 18.5 Å². The van der Waals surface area contributed by atoms with Gasteiger partial charge in [0, 0.05) is 56.1 Å². The molecule has 0 aliphatic carbocycles. The van der Waals surface area contributed by atoms with Gasteiger partial charge in [-0.25, -0.2) is 0 Å². The summed E-state index contributed by atoms with van der Waals surface area (Å²) in [4.78, 5) is 33.1. The van der Waals surface area contributed by atoms with Crippen LogP contribution in [0.3, 0.4) is 0 Å². The molecular weight excluding hydrogens is 481 g/mol. The first-order chi connectivity index (χ1) is 13.6. The molecule has 0 unspecified atom stereocenters. The van der Waals surface area contributed by atoms with Crippen LogP contribution >= 0.6 is 24.0 Å². The number of fused-ring (bicyclic) bond motifs is 1. The fourth-order valence-electron chi connectivity index (χ4n) is 3.61.